The highest BCUT2D eigenvalue weighted by molar-refractivity contribution is 9.10. The van der Waals surface area contributed by atoms with E-state index >= 15 is 0 Å². The van der Waals surface area contributed by atoms with Gasteiger partial charge in [-0.25, -0.2) is 10.4 Å². The van der Waals surface area contributed by atoms with Gasteiger partial charge in [0.05, 0.1) is 17.0 Å². The first-order valence-electron chi connectivity index (χ1n) is 9.03. The van der Waals surface area contributed by atoms with E-state index in [4.69, 9.17) is 9.47 Å². The van der Waals surface area contributed by atoms with Crippen LogP contribution < -0.4 is 5.43 Å². The van der Waals surface area contributed by atoms with E-state index in [1.165, 1.54) is 23.5 Å². The second kappa shape index (κ2) is 10.1. The molecular formula is C18H24BrN4O5S+. The average molecular weight is 488 g/mol. The van der Waals surface area contributed by atoms with Crippen LogP contribution in [0.5, 0.6) is 0 Å². The van der Waals surface area contributed by atoms with E-state index in [0.717, 1.165) is 0 Å². The maximum atomic E-state index is 13.1. The Morgan fingerprint density at radius 3 is 2.79 bits per heavy atom. The number of esters is 1. The fourth-order valence-electron chi connectivity index (χ4n) is 2.61. The molecule has 1 aromatic rings. The zero-order valence-electron chi connectivity index (χ0n) is 16.7. The lowest BCUT2D eigenvalue weighted by molar-refractivity contribution is -0.150. The molecule has 1 aliphatic heterocycles. The van der Waals surface area contributed by atoms with Crippen LogP contribution >= 0.6 is 27.3 Å². The number of nitrogens with zero attached hydrogens (tertiary/aromatic N) is 3. The van der Waals surface area contributed by atoms with Crippen LogP contribution in [-0.4, -0.2) is 53.3 Å². The fraction of sp³-hybridized carbons (Fsp3) is 0.611. The number of amides is 2. The highest BCUT2D eigenvalue weighted by atomic mass is 79.9. The van der Waals surface area contributed by atoms with Gasteiger partial charge in [0.2, 0.25) is 0 Å². The molecule has 29 heavy (non-hydrogen) atoms. The van der Waals surface area contributed by atoms with Crippen LogP contribution in [0.2, 0.25) is 0 Å². The van der Waals surface area contributed by atoms with E-state index in [-0.39, 0.29) is 12.3 Å². The second-order valence-electron chi connectivity index (χ2n) is 7.38. The summed E-state index contributed by atoms with van der Waals surface area (Å²) in [6.45, 7) is 5.58. The summed E-state index contributed by atoms with van der Waals surface area (Å²) in [5.41, 5.74) is 2.18. The largest absolute Gasteiger partial charge is 0.728 e. The number of rotatable bonds is 4. The van der Waals surface area contributed by atoms with Crippen LogP contribution in [0.4, 0.5) is 4.79 Å². The van der Waals surface area contributed by atoms with Crippen molar-refractivity contribution in [3.8, 4) is 6.07 Å². The molecule has 1 aromatic heterocycles. The maximum Gasteiger partial charge on any atom is 0.728 e. The zero-order valence-corrected chi connectivity index (χ0v) is 19.1. The van der Waals surface area contributed by atoms with Gasteiger partial charge in [0.1, 0.15) is 16.2 Å². The second-order valence-corrected chi connectivity index (χ2v) is 9.13. The monoisotopic (exact) mass is 487 g/mol. The number of hydrogen-bond donors (Lipinski definition) is 1. The molecule has 2 heterocycles. The van der Waals surface area contributed by atoms with E-state index in [0.29, 0.717) is 29.0 Å². The highest BCUT2D eigenvalue weighted by Gasteiger charge is 2.35. The van der Waals surface area contributed by atoms with Crippen molar-refractivity contribution in [2.75, 3.05) is 13.7 Å². The van der Waals surface area contributed by atoms with E-state index in [9.17, 15) is 14.4 Å². The molecule has 9 nitrogen and oxygen atoms in total. The number of ether oxygens (including phenoxy) is 2. The molecule has 1 saturated heterocycles. The Balaban J connectivity index is 2.18. The van der Waals surface area contributed by atoms with Gasteiger partial charge in [-0.1, -0.05) is 0 Å². The Hall–Kier alpha value is -2.03. The molecule has 0 bridgehead atoms. The van der Waals surface area contributed by atoms with E-state index in [2.05, 4.69) is 37.3 Å². The minimum absolute atomic E-state index is 0.211. The van der Waals surface area contributed by atoms with Crippen LogP contribution in [0.15, 0.2) is 9.98 Å². The summed E-state index contributed by atoms with van der Waals surface area (Å²) in [5.74, 6) is -1.67. The SMILES string of the molecule is COC(=O)[C@@H]1CCCN(C(=O)C(C#[N+]C(=O)OC(C)(C)C)Cc2nc(Br)cs2)N1. The third-order valence-electron chi connectivity index (χ3n) is 3.84. The van der Waals surface area contributed by atoms with Crippen LogP contribution in [0.25, 0.3) is 4.85 Å². The first-order chi connectivity index (χ1) is 13.6. The van der Waals surface area contributed by atoms with Crippen molar-refractivity contribution in [1.29, 1.82) is 0 Å². The molecule has 0 saturated carbocycles. The van der Waals surface area contributed by atoms with Gasteiger partial charge in [0, 0.05) is 18.3 Å². The van der Waals surface area contributed by atoms with Crippen LogP contribution in [0, 0.1) is 12.0 Å². The van der Waals surface area contributed by atoms with Gasteiger partial charge >= 0.3 is 18.1 Å². The van der Waals surface area contributed by atoms with Gasteiger partial charge < -0.3 is 9.47 Å². The lowest BCUT2D eigenvalue weighted by atomic mass is 10.0. The molecule has 0 aliphatic carbocycles. The number of thiazole rings is 1. The molecule has 1 unspecified atom stereocenters. The third-order valence-corrected chi connectivity index (χ3v) is 5.42. The molecule has 2 amide bonds. The molecule has 0 aromatic carbocycles. The summed E-state index contributed by atoms with van der Waals surface area (Å²) in [7, 11) is 1.30. The van der Waals surface area contributed by atoms with E-state index in [1.807, 2.05) is 0 Å². The number of carbonyl (C=O) groups excluding carboxylic acids is 3. The molecule has 2 rings (SSSR count). The minimum atomic E-state index is -0.871. The Morgan fingerprint density at radius 2 is 2.21 bits per heavy atom. The standard InChI is InChI=1S/C18H24BrN4O5S/c1-18(2,3)28-17(26)20-9-11(8-14-21-13(19)10-29-14)15(24)23-7-5-6-12(22-23)16(25)27-4/h10-12,22H,5-8H2,1-4H3/q+1/t11?,12-/m0/s1. The molecule has 0 radical (unpaired) electrons. The molecule has 1 aliphatic rings. The smallest absolute Gasteiger partial charge is 0.468 e. The summed E-state index contributed by atoms with van der Waals surface area (Å²) >= 11 is 4.66. The molecule has 2 atom stereocenters. The average Bonchev–Trinajstić information content (AvgIpc) is 3.07. The van der Waals surface area contributed by atoms with Crippen molar-refractivity contribution in [2.24, 2.45) is 5.92 Å². The highest BCUT2D eigenvalue weighted by Crippen LogP contribution is 2.20. The molecule has 1 N–H and O–H groups in total. The first-order valence-corrected chi connectivity index (χ1v) is 10.7. The Labute approximate surface area is 181 Å². The summed E-state index contributed by atoms with van der Waals surface area (Å²) in [6, 6.07) is 2.01. The molecular weight excluding hydrogens is 464 g/mol. The maximum absolute atomic E-state index is 13.1. The molecule has 0 spiro atoms. The third kappa shape index (κ3) is 7.38. The molecule has 1 fully saturated rings. The Morgan fingerprint density at radius 1 is 1.48 bits per heavy atom. The number of methoxy groups -OCH3 is 1. The van der Waals surface area contributed by atoms with Gasteiger partial charge in [-0.2, -0.15) is 4.79 Å². The number of hydrazine groups is 1. The van der Waals surface area contributed by atoms with Crippen molar-refractivity contribution in [2.45, 2.75) is 51.7 Å². The summed E-state index contributed by atoms with van der Waals surface area (Å²) in [4.78, 5) is 44.8. The van der Waals surface area contributed by atoms with Gasteiger partial charge in [-0.05, 0) is 49.5 Å². The lowest BCUT2D eigenvalue weighted by Crippen LogP contribution is -2.56. The predicted molar refractivity (Wildman–Crippen MR) is 110 cm³/mol. The van der Waals surface area contributed by atoms with Crippen molar-refractivity contribution >= 4 is 45.2 Å². The van der Waals surface area contributed by atoms with Crippen molar-refractivity contribution < 1.29 is 23.9 Å². The topological polar surface area (TPSA) is 102 Å². The number of carbonyl (C=O) groups is 3. The van der Waals surface area contributed by atoms with E-state index < -0.39 is 29.6 Å². The van der Waals surface area contributed by atoms with Gasteiger partial charge in [-0.3, -0.25) is 14.6 Å². The zero-order chi connectivity index (χ0) is 21.6. The van der Waals surface area contributed by atoms with E-state index in [1.54, 1.807) is 26.2 Å². The summed E-state index contributed by atoms with van der Waals surface area (Å²) < 4.78 is 10.6. The van der Waals surface area contributed by atoms with Crippen LogP contribution in [0.1, 0.15) is 38.6 Å². The molecule has 158 valence electrons. The predicted octanol–water partition coefficient (Wildman–Crippen LogP) is 3.00. The normalized spacial score (nSPS) is 17.7. The lowest BCUT2D eigenvalue weighted by Gasteiger charge is -2.33. The minimum Gasteiger partial charge on any atom is -0.468 e. The van der Waals surface area contributed by atoms with Crippen molar-refractivity contribution in [3.05, 3.63) is 19.8 Å². The van der Waals surface area contributed by atoms with Gasteiger partial charge in [0.25, 0.3) is 5.91 Å². The Bertz CT molecular complexity index is 826. The summed E-state index contributed by atoms with van der Waals surface area (Å²) in [5, 5.41) is 3.84. The van der Waals surface area contributed by atoms with Crippen molar-refractivity contribution in [3.63, 3.8) is 0 Å². The van der Waals surface area contributed by atoms with Crippen molar-refractivity contribution in [1.82, 2.24) is 15.4 Å². The van der Waals surface area contributed by atoms with Crippen LogP contribution in [0.3, 0.4) is 0 Å². The number of nitrogens with one attached hydrogen (secondary N) is 1. The number of aromatic nitrogens is 1. The number of hydrogen-bond acceptors (Lipinski definition) is 8. The quantitative estimate of drug-likeness (QED) is 0.651. The Kier molecular flexibility index (Phi) is 8.13. The number of halogens is 1. The van der Waals surface area contributed by atoms with Crippen LogP contribution in [-0.2, 0) is 25.5 Å². The fourth-order valence-corrected chi connectivity index (χ4v) is 3.92. The summed E-state index contributed by atoms with van der Waals surface area (Å²) in [6.07, 6.45) is 0.588. The van der Waals surface area contributed by atoms with Gasteiger partial charge in [-0.15, -0.1) is 11.3 Å². The van der Waals surface area contributed by atoms with Gasteiger partial charge in [0.15, 0.2) is 5.92 Å². The first kappa shape index (κ1) is 23.3. The molecule has 11 heteroatoms.